The highest BCUT2D eigenvalue weighted by atomic mass is 32.2. The first kappa shape index (κ1) is 24.7. The van der Waals surface area contributed by atoms with Crippen LogP contribution < -0.4 is 4.74 Å². The average Bonchev–Trinajstić information content (AvgIpc) is 2.83. The molecule has 2 aromatic rings. The molecule has 6 nitrogen and oxygen atoms in total. The van der Waals surface area contributed by atoms with Crippen LogP contribution in [0.4, 0.5) is 0 Å². The molecule has 2 atom stereocenters. The molecule has 1 aliphatic heterocycles. The number of benzene rings is 2. The van der Waals surface area contributed by atoms with Crippen molar-refractivity contribution >= 4 is 15.6 Å². The molecular formula is C26H28O6S. The van der Waals surface area contributed by atoms with Crippen molar-refractivity contribution < 1.29 is 27.4 Å². The molecule has 0 saturated heterocycles. The van der Waals surface area contributed by atoms with Crippen LogP contribution in [0.5, 0.6) is 5.75 Å². The molecular weight excluding hydrogens is 440 g/mol. The van der Waals surface area contributed by atoms with Crippen molar-refractivity contribution in [2.45, 2.75) is 43.5 Å². The molecule has 0 radical (unpaired) electrons. The second-order valence-electron chi connectivity index (χ2n) is 7.78. The molecule has 7 heteroatoms. The van der Waals surface area contributed by atoms with Crippen LogP contribution in [0, 0.1) is 11.8 Å². The summed E-state index contributed by atoms with van der Waals surface area (Å²) in [6.07, 6.45) is 1.30. The molecule has 0 fully saturated rings. The zero-order valence-electron chi connectivity index (χ0n) is 18.8. The lowest BCUT2D eigenvalue weighted by molar-refractivity contribution is -0.125. The summed E-state index contributed by atoms with van der Waals surface area (Å²) in [5.41, 5.74) is 2.00. The quantitative estimate of drug-likeness (QED) is 0.317. The van der Waals surface area contributed by atoms with Crippen molar-refractivity contribution in [3.8, 4) is 17.6 Å². The molecule has 33 heavy (non-hydrogen) atoms. The Morgan fingerprint density at radius 2 is 1.88 bits per heavy atom. The van der Waals surface area contributed by atoms with Gasteiger partial charge in [-0.2, -0.15) is 0 Å². The van der Waals surface area contributed by atoms with Crippen LogP contribution in [0.15, 0.2) is 71.1 Å². The fraction of sp³-hybridized carbons (Fsp3) is 0.346. The zero-order chi connectivity index (χ0) is 23.7. The van der Waals surface area contributed by atoms with E-state index in [2.05, 4.69) is 11.8 Å². The highest BCUT2D eigenvalue weighted by molar-refractivity contribution is 7.91. The van der Waals surface area contributed by atoms with Gasteiger partial charge in [0.25, 0.3) is 0 Å². The summed E-state index contributed by atoms with van der Waals surface area (Å²) >= 11 is 0. The maximum atomic E-state index is 12.9. The minimum absolute atomic E-state index is 0.00531. The van der Waals surface area contributed by atoms with Crippen molar-refractivity contribution in [1.29, 1.82) is 0 Å². The topological polar surface area (TPSA) is 78.9 Å². The number of ether oxygens (including phenoxy) is 3. The van der Waals surface area contributed by atoms with Crippen molar-refractivity contribution in [3.05, 3.63) is 71.8 Å². The lowest BCUT2D eigenvalue weighted by atomic mass is 10.1. The summed E-state index contributed by atoms with van der Waals surface area (Å²) in [5, 5.41) is 0. The van der Waals surface area contributed by atoms with Gasteiger partial charge < -0.3 is 14.2 Å². The predicted octanol–water partition coefficient (Wildman–Crippen LogP) is 3.75. The fourth-order valence-electron chi connectivity index (χ4n) is 3.28. The minimum atomic E-state index is -3.55. The van der Waals surface area contributed by atoms with Crippen molar-refractivity contribution in [2.24, 2.45) is 0 Å². The maximum absolute atomic E-state index is 12.9. The number of hydrogen-bond acceptors (Lipinski definition) is 6. The van der Waals surface area contributed by atoms with Crippen LogP contribution in [0.25, 0.3) is 0 Å². The van der Waals surface area contributed by atoms with Gasteiger partial charge in [0, 0.05) is 6.42 Å². The van der Waals surface area contributed by atoms with Gasteiger partial charge in [0.2, 0.25) is 5.78 Å². The Bertz CT molecular complexity index is 1120. The van der Waals surface area contributed by atoms with E-state index in [-0.39, 0.29) is 29.8 Å². The summed E-state index contributed by atoms with van der Waals surface area (Å²) in [7, 11) is -1.97. The van der Waals surface area contributed by atoms with Gasteiger partial charge in [0.15, 0.2) is 9.84 Å². The van der Waals surface area contributed by atoms with E-state index in [9.17, 15) is 13.2 Å². The van der Waals surface area contributed by atoms with Gasteiger partial charge in [-0.1, -0.05) is 47.9 Å². The van der Waals surface area contributed by atoms with Gasteiger partial charge in [0.1, 0.15) is 18.0 Å². The number of rotatable bonds is 9. The number of sulfone groups is 1. The highest BCUT2D eigenvalue weighted by Gasteiger charge is 2.23. The number of carbonyl (C=O) groups excluding carboxylic acids is 1. The van der Waals surface area contributed by atoms with Crippen LogP contribution in [0.1, 0.15) is 25.3 Å². The van der Waals surface area contributed by atoms with Gasteiger partial charge in [-0.3, -0.25) is 4.79 Å². The van der Waals surface area contributed by atoms with Crippen LogP contribution >= 0.6 is 0 Å². The van der Waals surface area contributed by atoms with E-state index in [1.165, 1.54) is 0 Å². The molecule has 0 aliphatic carbocycles. The summed E-state index contributed by atoms with van der Waals surface area (Å²) in [4.78, 5) is 13.1. The number of carbonyl (C=O) groups is 1. The Labute approximate surface area is 195 Å². The van der Waals surface area contributed by atoms with E-state index in [4.69, 9.17) is 14.2 Å². The molecule has 0 saturated carbocycles. The van der Waals surface area contributed by atoms with Crippen molar-refractivity contribution in [1.82, 2.24) is 0 Å². The minimum Gasteiger partial charge on any atom is -0.497 e. The van der Waals surface area contributed by atoms with Crippen molar-refractivity contribution in [2.75, 3.05) is 19.5 Å². The first-order valence-corrected chi connectivity index (χ1v) is 12.4. The van der Waals surface area contributed by atoms with E-state index in [0.717, 1.165) is 11.1 Å². The lowest BCUT2D eigenvalue weighted by Gasteiger charge is -2.17. The third-order valence-electron chi connectivity index (χ3n) is 5.25. The molecule has 0 unspecified atom stereocenters. The van der Waals surface area contributed by atoms with Gasteiger partial charge in [-0.25, -0.2) is 8.42 Å². The van der Waals surface area contributed by atoms with E-state index in [0.29, 0.717) is 18.8 Å². The smallest absolute Gasteiger partial charge is 0.234 e. The lowest BCUT2D eigenvalue weighted by Crippen LogP contribution is -2.27. The molecule has 1 heterocycles. The van der Waals surface area contributed by atoms with Crippen molar-refractivity contribution in [3.63, 3.8) is 0 Å². The number of Topliss-reactive ketones (excluding diaryl/α,β-unsaturated/α-hetero) is 1. The zero-order valence-corrected chi connectivity index (χ0v) is 19.6. The summed E-state index contributed by atoms with van der Waals surface area (Å²) in [6, 6.07) is 15.4. The molecule has 3 rings (SSSR count). The predicted molar refractivity (Wildman–Crippen MR) is 126 cm³/mol. The van der Waals surface area contributed by atoms with Crippen LogP contribution in [-0.2, 0) is 30.7 Å². The van der Waals surface area contributed by atoms with Gasteiger partial charge in [0.05, 0.1) is 31.0 Å². The second-order valence-corrected chi connectivity index (χ2v) is 9.89. The number of methoxy groups -OCH3 is 1. The molecule has 0 amide bonds. The first-order chi connectivity index (χ1) is 15.9. The van der Waals surface area contributed by atoms with E-state index in [1.54, 1.807) is 49.6 Å². The molecule has 2 aromatic carbocycles. The van der Waals surface area contributed by atoms with Crippen LogP contribution in [0.3, 0.4) is 0 Å². The molecule has 1 aliphatic rings. The van der Waals surface area contributed by atoms with E-state index in [1.807, 2.05) is 25.1 Å². The van der Waals surface area contributed by atoms with E-state index >= 15 is 0 Å². The Balaban J connectivity index is 1.70. The fourth-order valence-corrected chi connectivity index (χ4v) is 4.61. The number of ketones is 1. The third kappa shape index (κ3) is 7.57. The Kier molecular flexibility index (Phi) is 8.84. The highest BCUT2D eigenvalue weighted by Crippen LogP contribution is 2.17. The Hall–Kier alpha value is -2.92. The largest absolute Gasteiger partial charge is 0.497 e. The SMILES string of the molecule is COc1ccc(CO[C@@H](CCS(=O)(=O)c2ccccc2)C(=O)C#C[C@@H]2CC(C)=CCO2)cc1. The van der Waals surface area contributed by atoms with Gasteiger partial charge in [-0.05, 0) is 49.1 Å². The standard InChI is InChI=1S/C26H28O6S/c1-20-14-16-31-23(18-20)12-13-25(27)26(32-19-21-8-10-22(30-2)11-9-21)15-17-33(28,29)24-6-4-3-5-7-24/h3-11,14,23,26H,15-19H2,1-2H3/t23-,26+/m1/s1. The number of hydrogen-bond donors (Lipinski definition) is 0. The maximum Gasteiger partial charge on any atom is 0.234 e. The van der Waals surface area contributed by atoms with Crippen LogP contribution in [-0.4, -0.2) is 45.9 Å². The molecule has 0 N–H and O–H groups in total. The summed E-state index contributed by atoms with van der Waals surface area (Å²) in [5.74, 6) is 5.52. The molecule has 0 spiro atoms. The van der Waals surface area contributed by atoms with Gasteiger partial charge in [-0.15, -0.1) is 0 Å². The first-order valence-electron chi connectivity index (χ1n) is 10.7. The van der Waals surface area contributed by atoms with Crippen LogP contribution in [0.2, 0.25) is 0 Å². The normalized spacial score (nSPS) is 16.8. The molecule has 0 aromatic heterocycles. The monoisotopic (exact) mass is 468 g/mol. The van der Waals surface area contributed by atoms with Gasteiger partial charge >= 0.3 is 0 Å². The second kappa shape index (κ2) is 11.8. The molecule has 0 bridgehead atoms. The average molecular weight is 469 g/mol. The summed E-state index contributed by atoms with van der Waals surface area (Å²) < 4.78 is 42.0. The van der Waals surface area contributed by atoms with E-state index < -0.39 is 21.7 Å². The summed E-state index contributed by atoms with van der Waals surface area (Å²) in [6.45, 7) is 2.61. The Morgan fingerprint density at radius 1 is 1.15 bits per heavy atom. The Morgan fingerprint density at radius 3 is 2.55 bits per heavy atom. The molecule has 174 valence electrons. The third-order valence-corrected chi connectivity index (χ3v) is 7.01.